The van der Waals surface area contributed by atoms with Gasteiger partial charge in [-0.05, 0) is 41.0 Å². The maximum Gasteiger partial charge on any atom is 0.335 e. The van der Waals surface area contributed by atoms with Gasteiger partial charge in [-0.1, -0.05) is 48.6 Å². The van der Waals surface area contributed by atoms with E-state index in [1.165, 1.54) is 24.3 Å². The Hall–Kier alpha value is -3.02. The van der Waals surface area contributed by atoms with Gasteiger partial charge in [0.1, 0.15) is 6.61 Å². The Balaban J connectivity index is 1.95. The third kappa shape index (κ3) is 5.31. The molecule has 0 aromatic heterocycles. The van der Waals surface area contributed by atoms with Gasteiger partial charge < -0.3 is 5.11 Å². The number of carboxylic acid groups (broad SMARTS) is 1. The molecule has 5 nitrogen and oxygen atoms in total. The average Bonchev–Trinajstić information content (AvgIpc) is 2.60. The number of benzene rings is 2. The number of carbonyl (C=O) groups excluding carboxylic acids is 1. The quantitative estimate of drug-likeness (QED) is 0.461. The average molecular weight is 324 g/mol. The van der Waals surface area contributed by atoms with Gasteiger partial charge in [-0.3, -0.25) is 10.1 Å². The van der Waals surface area contributed by atoms with Crippen molar-refractivity contribution in [1.29, 1.82) is 0 Å². The van der Waals surface area contributed by atoms with E-state index in [2.05, 4.69) is 4.89 Å². The van der Waals surface area contributed by atoms with E-state index in [-0.39, 0.29) is 18.0 Å². The molecular weight excluding hydrogens is 308 g/mol. The fourth-order valence-electron chi connectivity index (χ4n) is 1.95. The Kier molecular flexibility index (Phi) is 6.19. The van der Waals surface area contributed by atoms with Gasteiger partial charge in [0, 0.05) is 0 Å². The van der Waals surface area contributed by atoms with E-state index in [4.69, 9.17) is 10.4 Å². The van der Waals surface area contributed by atoms with Gasteiger partial charge in [-0.25, -0.2) is 9.68 Å². The van der Waals surface area contributed by atoms with Crippen LogP contribution in [-0.2, 0) is 16.3 Å². The van der Waals surface area contributed by atoms with Gasteiger partial charge in [0.05, 0.1) is 5.56 Å². The highest BCUT2D eigenvalue weighted by atomic mass is 17.1. The van der Waals surface area contributed by atoms with Crippen molar-refractivity contribution in [2.24, 2.45) is 0 Å². The van der Waals surface area contributed by atoms with Crippen molar-refractivity contribution in [2.45, 2.75) is 6.61 Å². The first kappa shape index (κ1) is 17.3. The highest BCUT2D eigenvalue weighted by molar-refractivity contribution is 6.04. The van der Waals surface area contributed by atoms with Crippen LogP contribution in [0.15, 0.2) is 60.7 Å². The summed E-state index contributed by atoms with van der Waals surface area (Å²) in [5, 5.41) is 17.2. The zero-order valence-electron chi connectivity index (χ0n) is 12.8. The minimum atomic E-state index is -0.985. The highest BCUT2D eigenvalue weighted by Gasteiger charge is 2.00. The van der Waals surface area contributed by atoms with Crippen LogP contribution in [0, 0.1) is 0 Å². The van der Waals surface area contributed by atoms with Crippen molar-refractivity contribution in [1.82, 2.24) is 0 Å². The van der Waals surface area contributed by atoms with Crippen molar-refractivity contribution in [3.8, 4) is 0 Å². The molecule has 2 rings (SSSR count). The monoisotopic (exact) mass is 324 g/mol. The molecule has 0 bridgehead atoms. The zero-order chi connectivity index (χ0) is 17.4. The Morgan fingerprint density at radius 2 is 1.38 bits per heavy atom. The van der Waals surface area contributed by atoms with Crippen LogP contribution in [0.3, 0.4) is 0 Å². The lowest BCUT2D eigenvalue weighted by molar-refractivity contribution is -0.253. The normalized spacial score (nSPS) is 11.2. The molecular formula is C19H16O5. The van der Waals surface area contributed by atoms with Gasteiger partial charge in [0.25, 0.3) is 0 Å². The van der Waals surface area contributed by atoms with E-state index >= 15 is 0 Å². The molecule has 0 fully saturated rings. The summed E-state index contributed by atoms with van der Waals surface area (Å²) >= 11 is 0. The number of hydrogen-bond acceptors (Lipinski definition) is 4. The van der Waals surface area contributed by atoms with Crippen LogP contribution in [0.4, 0.5) is 0 Å². The first-order valence-corrected chi connectivity index (χ1v) is 7.17. The third-order valence-corrected chi connectivity index (χ3v) is 3.25. The minimum Gasteiger partial charge on any atom is -0.478 e. The first-order chi connectivity index (χ1) is 11.6. The van der Waals surface area contributed by atoms with Gasteiger partial charge >= 0.3 is 5.97 Å². The molecule has 2 N–H and O–H groups in total. The Labute approximate surface area is 139 Å². The van der Waals surface area contributed by atoms with Crippen LogP contribution >= 0.6 is 0 Å². The molecule has 5 heteroatoms. The largest absolute Gasteiger partial charge is 0.478 e. The summed E-state index contributed by atoms with van der Waals surface area (Å²) in [4.78, 5) is 26.6. The molecule has 0 radical (unpaired) electrons. The Morgan fingerprint density at radius 1 is 0.875 bits per heavy atom. The van der Waals surface area contributed by atoms with Gasteiger partial charge in [0.2, 0.25) is 0 Å². The number of rotatable bonds is 7. The predicted molar refractivity (Wildman–Crippen MR) is 90.3 cm³/mol. The van der Waals surface area contributed by atoms with E-state index < -0.39 is 5.97 Å². The summed E-state index contributed by atoms with van der Waals surface area (Å²) in [5.74, 6) is -1.17. The van der Waals surface area contributed by atoms with Gasteiger partial charge in [0.15, 0.2) is 5.78 Å². The third-order valence-electron chi connectivity index (χ3n) is 3.25. The fraction of sp³-hybridized carbons (Fsp3) is 0.0526. The molecule has 0 spiro atoms. The lowest BCUT2D eigenvalue weighted by Gasteiger charge is -1.98. The second kappa shape index (κ2) is 8.57. The van der Waals surface area contributed by atoms with Gasteiger partial charge in [-0.15, -0.1) is 0 Å². The fourth-order valence-corrected chi connectivity index (χ4v) is 1.95. The number of carboxylic acids is 1. The van der Waals surface area contributed by atoms with Crippen LogP contribution in [-0.4, -0.2) is 22.1 Å². The van der Waals surface area contributed by atoms with E-state index in [0.717, 1.165) is 16.7 Å². The lowest BCUT2D eigenvalue weighted by atomic mass is 10.1. The molecule has 0 atom stereocenters. The van der Waals surface area contributed by atoms with E-state index in [1.54, 1.807) is 36.4 Å². The van der Waals surface area contributed by atoms with Crippen molar-refractivity contribution in [2.75, 3.05) is 0 Å². The van der Waals surface area contributed by atoms with Gasteiger partial charge in [-0.2, -0.15) is 0 Å². The smallest absolute Gasteiger partial charge is 0.335 e. The van der Waals surface area contributed by atoms with Crippen LogP contribution in [0.2, 0.25) is 0 Å². The van der Waals surface area contributed by atoms with Crippen LogP contribution in [0.25, 0.3) is 12.2 Å². The molecule has 24 heavy (non-hydrogen) atoms. The molecule has 0 amide bonds. The number of ketones is 1. The summed E-state index contributed by atoms with van der Waals surface area (Å²) in [6, 6.07) is 13.5. The predicted octanol–water partition coefficient (Wildman–Crippen LogP) is 3.67. The number of aromatic carboxylic acids is 1. The molecule has 2 aromatic rings. The van der Waals surface area contributed by atoms with E-state index in [9.17, 15) is 9.59 Å². The zero-order valence-corrected chi connectivity index (χ0v) is 12.8. The molecule has 0 heterocycles. The summed E-state index contributed by atoms with van der Waals surface area (Å²) in [5.41, 5.74) is 2.62. The maximum atomic E-state index is 11.8. The Morgan fingerprint density at radius 3 is 1.83 bits per heavy atom. The topological polar surface area (TPSA) is 83.8 Å². The highest BCUT2D eigenvalue weighted by Crippen LogP contribution is 2.08. The number of carbonyl (C=O) groups is 2. The molecule has 0 aliphatic carbocycles. The summed E-state index contributed by atoms with van der Waals surface area (Å²) in [6.45, 7) is 0.117. The first-order valence-electron chi connectivity index (χ1n) is 7.17. The maximum absolute atomic E-state index is 11.8. The van der Waals surface area contributed by atoms with Crippen molar-refractivity contribution in [3.05, 3.63) is 82.9 Å². The standard InChI is InChI=1S/C19H16O5/c20-18(11-7-14-1-3-16(4-2-14)13-24-23)12-8-15-5-9-17(10-6-15)19(21)22/h1-12,23H,13H2,(H,21,22)/b11-7?,12-8+. The van der Waals surface area contributed by atoms with Crippen molar-refractivity contribution < 1.29 is 24.8 Å². The molecule has 0 saturated carbocycles. The number of hydrogen-bond donors (Lipinski definition) is 2. The minimum absolute atomic E-state index is 0.117. The van der Waals surface area contributed by atoms with Crippen LogP contribution in [0.5, 0.6) is 0 Å². The molecule has 0 aliphatic heterocycles. The van der Waals surface area contributed by atoms with Crippen molar-refractivity contribution >= 4 is 23.9 Å². The molecule has 2 aromatic carbocycles. The number of allylic oxidation sites excluding steroid dienone is 2. The summed E-state index contributed by atoms with van der Waals surface area (Å²) in [6.07, 6.45) is 6.17. The molecule has 0 saturated heterocycles. The molecule has 0 aliphatic rings. The van der Waals surface area contributed by atoms with E-state index in [1.807, 2.05) is 12.1 Å². The van der Waals surface area contributed by atoms with Crippen molar-refractivity contribution in [3.63, 3.8) is 0 Å². The molecule has 0 unspecified atom stereocenters. The lowest BCUT2D eigenvalue weighted by Crippen LogP contribution is -1.94. The van der Waals surface area contributed by atoms with E-state index in [0.29, 0.717) is 0 Å². The summed E-state index contributed by atoms with van der Waals surface area (Å²) in [7, 11) is 0. The second-order valence-electron chi connectivity index (χ2n) is 5.01. The molecule has 122 valence electrons. The van der Waals surface area contributed by atoms with Crippen LogP contribution in [0.1, 0.15) is 27.0 Å². The Bertz CT molecular complexity index is 755. The SMILES string of the molecule is O=C(C=Cc1ccc(COO)cc1)/C=C/c1ccc(C(=O)O)cc1. The second-order valence-corrected chi connectivity index (χ2v) is 5.01. The van der Waals surface area contributed by atoms with Crippen LogP contribution < -0.4 is 0 Å². The summed E-state index contributed by atoms with van der Waals surface area (Å²) < 4.78 is 0.